The minimum Gasteiger partial charge on any atom is -0.461 e. The minimum absolute atomic E-state index is 0.0268. The second-order valence-electron chi connectivity index (χ2n) is 5.93. The highest BCUT2D eigenvalue weighted by atomic mass is 35.5. The van der Waals surface area contributed by atoms with E-state index < -0.39 is 5.97 Å². The number of carbonyl (C=O) groups excluding carboxylic acids is 1. The molecule has 2 aromatic rings. The van der Waals surface area contributed by atoms with Crippen molar-refractivity contribution < 1.29 is 9.53 Å². The molecule has 0 spiro atoms. The molecule has 2 aliphatic rings. The van der Waals surface area contributed by atoms with Crippen molar-refractivity contribution in [2.24, 2.45) is 0 Å². The number of benzene rings is 2. The summed E-state index contributed by atoms with van der Waals surface area (Å²) in [6, 6.07) is 15.9. The first kappa shape index (κ1) is 17.9. The monoisotopic (exact) mass is 394 g/mol. The van der Waals surface area contributed by atoms with E-state index in [2.05, 4.69) is 10.2 Å². The number of carbonyl (C=O) groups is 1. The number of ether oxygens (including phenoxy) is 1. The number of aromatic nitrogens is 4. The summed E-state index contributed by atoms with van der Waals surface area (Å²) in [4.78, 5) is 25.5. The van der Waals surface area contributed by atoms with Gasteiger partial charge in [0.25, 0.3) is 5.56 Å². The van der Waals surface area contributed by atoms with Gasteiger partial charge in [0.1, 0.15) is 5.69 Å². The van der Waals surface area contributed by atoms with Crippen LogP contribution >= 0.6 is 11.6 Å². The van der Waals surface area contributed by atoms with E-state index in [0.29, 0.717) is 16.4 Å². The number of halogens is 1. The maximum absolute atomic E-state index is 13.0. The fraction of sp³-hybridized carbons (Fsp3) is 0.100. The van der Waals surface area contributed by atoms with Crippen LogP contribution in [0.5, 0.6) is 0 Å². The lowest BCUT2D eigenvalue weighted by Gasteiger charge is -2.10. The molecule has 7 nitrogen and oxygen atoms in total. The number of hydrogen-bond acceptors (Lipinski definition) is 5. The van der Waals surface area contributed by atoms with Gasteiger partial charge in [0, 0.05) is 11.2 Å². The molecule has 0 amide bonds. The van der Waals surface area contributed by atoms with E-state index in [1.807, 2.05) is 6.07 Å². The summed E-state index contributed by atoms with van der Waals surface area (Å²) in [7, 11) is 0. The first-order valence-corrected chi connectivity index (χ1v) is 8.97. The van der Waals surface area contributed by atoms with Gasteiger partial charge in [-0.25, -0.2) is 9.48 Å². The van der Waals surface area contributed by atoms with Gasteiger partial charge in [0.05, 0.1) is 23.5 Å². The molecular weight excluding hydrogens is 380 g/mol. The molecule has 0 aromatic heterocycles. The zero-order valence-electron chi connectivity index (χ0n) is 14.9. The maximum atomic E-state index is 13.0. The highest BCUT2D eigenvalue weighted by molar-refractivity contribution is 6.30. The van der Waals surface area contributed by atoms with E-state index in [-0.39, 0.29) is 29.1 Å². The minimum atomic E-state index is -0.645. The molecule has 0 saturated carbocycles. The normalized spacial score (nSPS) is 10.9. The van der Waals surface area contributed by atoms with Gasteiger partial charge in [-0.2, -0.15) is 14.9 Å². The standard InChI is InChI=1S/C20H15ClN4O3/c1-2-28-20(27)18-17-16(12-24(22-18)14-10-8-13(21)9-11-14)19(26)25(23-17)15-6-4-3-5-7-15/h3-12H,2H2,1H3. The molecule has 4 rings (SSSR count). The number of rotatable bonds is 4. The molecule has 0 fully saturated rings. The summed E-state index contributed by atoms with van der Waals surface area (Å²) in [6.45, 7) is 1.88. The molecule has 0 radical (unpaired) electrons. The van der Waals surface area contributed by atoms with Crippen LogP contribution in [0.15, 0.2) is 65.6 Å². The smallest absolute Gasteiger partial charge is 0.361 e. The second-order valence-corrected chi connectivity index (χ2v) is 6.37. The number of fused-ring (bicyclic) bond motifs is 1. The van der Waals surface area contributed by atoms with Crippen molar-refractivity contribution in [3.63, 3.8) is 0 Å². The zero-order chi connectivity index (χ0) is 19.7. The maximum Gasteiger partial charge on any atom is 0.361 e. The SMILES string of the molecule is CCOC(=O)c1nn(-c2ccc(Cl)cc2)cc2c(=O)n(-c3ccccc3)nc1-2. The van der Waals surface area contributed by atoms with Crippen LogP contribution in [0.1, 0.15) is 17.4 Å². The predicted octanol–water partition coefficient (Wildman–Crippen LogP) is 3.35. The van der Waals surface area contributed by atoms with Crippen LogP contribution in [0.25, 0.3) is 22.6 Å². The molecule has 0 unspecified atom stereocenters. The third-order valence-corrected chi connectivity index (χ3v) is 4.37. The highest BCUT2D eigenvalue weighted by Gasteiger charge is 2.27. The van der Waals surface area contributed by atoms with Gasteiger partial charge in [0.15, 0.2) is 5.69 Å². The summed E-state index contributed by atoms with van der Waals surface area (Å²) in [6.07, 6.45) is 1.55. The van der Waals surface area contributed by atoms with Crippen molar-refractivity contribution in [2.45, 2.75) is 6.92 Å². The third kappa shape index (κ3) is 3.16. The van der Waals surface area contributed by atoms with Crippen molar-refractivity contribution in [1.82, 2.24) is 19.6 Å². The summed E-state index contributed by atoms with van der Waals surface area (Å²) >= 11 is 5.95. The molecule has 28 heavy (non-hydrogen) atoms. The van der Waals surface area contributed by atoms with Crippen LogP contribution < -0.4 is 5.56 Å². The lowest BCUT2D eigenvalue weighted by atomic mass is 10.2. The molecule has 0 N–H and O–H groups in total. The predicted molar refractivity (Wildman–Crippen MR) is 105 cm³/mol. The van der Waals surface area contributed by atoms with E-state index in [1.165, 1.54) is 9.36 Å². The average Bonchev–Trinajstić information content (AvgIpc) is 3.05. The van der Waals surface area contributed by atoms with Gasteiger partial charge in [-0.15, -0.1) is 0 Å². The summed E-state index contributed by atoms with van der Waals surface area (Å²) in [5, 5.41) is 9.26. The molecule has 0 aliphatic carbocycles. The zero-order valence-corrected chi connectivity index (χ0v) is 15.6. The fourth-order valence-electron chi connectivity index (χ4n) is 2.82. The van der Waals surface area contributed by atoms with Crippen molar-refractivity contribution in [3.05, 3.63) is 81.9 Å². The van der Waals surface area contributed by atoms with Crippen molar-refractivity contribution in [3.8, 4) is 22.6 Å². The Bertz CT molecular complexity index is 1170. The highest BCUT2D eigenvalue weighted by Crippen LogP contribution is 2.23. The molecule has 2 aliphatic heterocycles. The molecule has 2 aromatic carbocycles. The van der Waals surface area contributed by atoms with E-state index in [9.17, 15) is 9.59 Å². The van der Waals surface area contributed by atoms with Gasteiger partial charge in [0.2, 0.25) is 0 Å². The third-order valence-electron chi connectivity index (χ3n) is 4.12. The Morgan fingerprint density at radius 3 is 2.43 bits per heavy atom. The van der Waals surface area contributed by atoms with E-state index in [4.69, 9.17) is 16.3 Å². The first-order valence-electron chi connectivity index (χ1n) is 8.59. The van der Waals surface area contributed by atoms with E-state index in [1.54, 1.807) is 61.7 Å². The van der Waals surface area contributed by atoms with Gasteiger partial charge in [-0.05, 0) is 43.3 Å². The number of nitrogens with zero attached hydrogens (tertiary/aromatic N) is 4. The molecule has 0 bridgehead atoms. The van der Waals surface area contributed by atoms with Crippen molar-refractivity contribution in [1.29, 1.82) is 0 Å². The van der Waals surface area contributed by atoms with Crippen LogP contribution in [0, 0.1) is 0 Å². The Hall–Kier alpha value is -3.45. The molecule has 140 valence electrons. The topological polar surface area (TPSA) is 79.0 Å². The molecular formula is C20H15ClN4O3. The van der Waals surface area contributed by atoms with Gasteiger partial charge >= 0.3 is 5.97 Å². The number of esters is 1. The van der Waals surface area contributed by atoms with Crippen LogP contribution in [0.3, 0.4) is 0 Å². The summed E-state index contributed by atoms with van der Waals surface area (Å²) < 4.78 is 7.81. The van der Waals surface area contributed by atoms with Gasteiger partial charge in [-0.1, -0.05) is 29.8 Å². The number of hydrogen-bond donors (Lipinski definition) is 0. The van der Waals surface area contributed by atoms with Crippen LogP contribution in [0.2, 0.25) is 5.02 Å². The molecule has 8 heteroatoms. The average molecular weight is 395 g/mol. The Morgan fingerprint density at radius 1 is 1.04 bits per heavy atom. The van der Waals surface area contributed by atoms with Gasteiger partial charge in [-0.3, -0.25) is 4.79 Å². The molecule has 2 heterocycles. The Balaban J connectivity index is 1.97. The lowest BCUT2D eigenvalue weighted by Crippen LogP contribution is -2.17. The lowest BCUT2D eigenvalue weighted by molar-refractivity contribution is 0.0518. The Labute approximate surface area is 165 Å². The first-order chi connectivity index (χ1) is 13.6. The van der Waals surface area contributed by atoms with Crippen LogP contribution in [-0.2, 0) is 4.74 Å². The quantitative estimate of drug-likeness (QED) is 0.496. The van der Waals surface area contributed by atoms with E-state index in [0.717, 1.165) is 0 Å². The molecule has 0 atom stereocenters. The van der Waals surface area contributed by atoms with Crippen LogP contribution in [0.4, 0.5) is 0 Å². The Kier molecular flexibility index (Phi) is 4.67. The van der Waals surface area contributed by atoms with Gasteiger partial charge < -0.3 is 4.74 Å². The summed E-state index contributed by atoms with van der Waals surface area (Å²) in [5.74, 6) is -0.645. The Morgan fingerprint density at radius 2 is 1.75 bits per heavy atom. The van der Waals surface area contributed by atoms with Crippen molar-refractivity contribution >= 4 is 17.6 Å². The summed E-state index contributed by atoms with van der Waals surface area (Å²) in [5.41, 5.74) is 1.31. The van der Waals surface area contributed by atoms with E-state index >= 15 is 0 Å². The second kappa shape index (κ2) is 7.28. The van der Waals surface area contributed by atoms with Crippen LogP contribution in [-0.4, -0.2) is 32.1 Å². The van der Waals surface area contributed by atoms with Crippen molar-refractivity contribution in [2.75, 3.05) is 6.61 Å². The largest absolute Gasteiger partial charge is 0.461 e. The fourth-order valence-corrected chi connectivity index (χ4v) is 2.95. The molecule has 0 saturated heterocycles. The number of para-hydroxylation sites is 1.